The van der Waals surface area contributed by atoms with E-state index in [4.69, 9.17) is 17.3 Å². The zero-order chi connectivity index (χ0) is 26.6. The standard InChI is InChI=1S/C26H17ClF2N8O/c27-20-2-1-3-21-23(20)26(38)37(18-11-15(28)10-16(29)12-18)22(36-21)6-7-33-25-19(24(30)34-14-35-25)5-4-17-13-31-8-9-32-17/h1-3,8-14H,6-7H2,(H3,30,33,34,35). The van der Waals surface area contributed by atoms with E-state index < -0.39 is 17.2 Å². The van der Waals surface area contributed by atoms with Crippen LogP contribution in [0.4, 0.5) is 20.4 Å². The molecule has 0 unspecified atom stereocenters. The van der Waals surface area contributed by atoms with Crippen LogP contribution < -0.4 is 16.6 Å². The fourth-order valence-corrected chi connectivity index (χ4v) is 4.03. The molecule has 0 saturated heterocycles. The number of nitrogens with two attached hydrogens (primary N) is 1. The van der Waals surface area contributed by atoms with Crippen molar-refractivity contribution in [3.8, 4) is 17.5 Å². The number of hydrogen-bond acceptors (Lipinski definition) is 8. The number of aromatic nitrogens is 6. The number of nitrogens with one attached hydrogen (secondary N) is 1. The Labute approximate surface area is 219 Å². The van der Waals surface area contributed by atoms with Crippen molar-refractivity contribution in [2.75, 3.05) is 17.6 Å². The molecule has 12 heteroatoms. The SMILES string of the molecule is Nc1ncnc(NCCc2nc3cccc(Cl)c3c(=O)n2-c2cc(F)cc(F)c2)c1C#Cc1cnccn1. The Balaban J connectivity index is 1.50. The number of nitrogens with zero attached hydrogens (tertiary/aromatic N) is 6. The maximum absolute atomic E-state index is 14.1. The maximum Gasteiger partial charge on any atom is 0.267 e. The Morgan fingerprint density at radius 1 is 1.05 bits per heavy atom. The lowest BCUT2D eigenvalue weighted by Gasteiger charge is -2.15. The Bertz CT molecular complexity index is 1760. The molecule has 0 atom stereocenters. The summed E-state index contributed by atoms with van der Waals surface area (Å²) in [7, 11) is 0. The van der Waals surface area contributed by atoms with Gasteiger partial charge in [0.2, 0.25) is 0 Å². The number of rotatable bonds is 5. The first-order chi connectivity index (χ1) is 18.4. The van der Waals surface area contributed by atoms with Gasteiger partial charge in [-0.15, -0.1) is 0 Å². The minimum atomic E-state index is -0.835. The van der Waals surface area contributed by atoms with Crippen LogP contribution in [0.15, 0.2) is 66.1 Å². The Kier molecular flexibility index (Phi) is 6.88. The molecule has 9 nitrogen and oxygen atoms in total. The summed E-state index contributed by atoms with van der Waals surface area (Å²) in [6.07, 6.45) is 6.00. The molecule has 0 amide bonds. The number of benzene rings is 2. The van der Waals surface area contributed by atoms with E-state index in [9.17, 15) is 13.6 Å². The van der Waals surface area contributed by atoms with Crippen LogP contribution in [0.2, 0.25) is 5.02 Å². The molecule has 2 aromatic carbocycles. The normalized spacial score (nSPS) is 10.7. The van der Waals surface area contributed by atoms with Gasteiger partial charge in [0.1, 0.15) is 46.7 Å². The van der Waals surface area contributed by atoms with Gasteiger partial charge in [0.25, 0.3) is 5.56 Å². The van der Waals surface area contributed by atoms with E-state index in [2.05, 4.69) is 42.1 Å². The van der Waals surface area contributed by atoms with E-state index >= 15 is 0 Å². The fraction of sp³-hybridized carbons (Fsp3) is 0.0769. The third-order valence-electron chi connectivity index (χ3n) is 5.42. The van der Waals surface area contributed by atoms with Crippen molar-refractivity contribution in [3.05, 3.63) is 105 Å². The summed E-state index contributed by atoms with van der Waals surface area (Å²) >= 11 is 6.27. The minimum absolute atomic E-state index is 0.0152. The van der Waals surface area contributed by atoms with Crippen LogP contribution in [0, 0.1) is 23.5 Å². The topological polar surface area (TPSA) is 124 Å². The monoisotopic (exact) mass is 530 g/mol. The van der Waals surface area contributed by atoms with E-state index in [1.165, 1.54) is 24.9 Å². The van der Waals surface area contributed by atoms with Gasteiger partial charge < -0.3 is 11.1 Å². The van der Waals surface area contributed by atoms with Crippen molar-refractivity contribution in [2.24, 2.45) is 0 Å². The number of anilines is 2. The first kappa shape index (κ1) is 24.7. The summed E-state index contributed by atoms with van der Waals surface area (Å²) < 4.78 is 29.3. The van der Waals surface area contributed by atoms with E-state index in [0.29, 0.717) is 22.6 Å². The number of halogens is 3. The van der Waals surface area contributed by atoms with E-state index in [0.717, 1.165) is 22.8 Å². The summed E-state index contributed by atoms with van der Waals surface area (Å²) in [4.78, 5) is 34.3. The molecule has 38 heavy (non-hydrogen) atoms. The van der Waals surface area contributed by atoms with Crippen molar-refractivity contribution in [1.82, 2.24) is 29.5 Å². The molecule has 3 aromatic heterocycles. The third-order valence-corrected chi connectivity index (χ3v) is 5.73. The summed E-state index contributed by atoms with van der Waals surface area (Å²) in [5.41, 5.74) is 6.59. The van der Waals surface area contributed by atoms with Crippen molar-refractivity contribution in [3.63, 3.8) is 0 Å². The molecule has 188 valence electrons. The number of fused-ring (bicyclic) bond motifs is 1. The summed E-state index contributed by atoms with van der Waals surface area (Å²) in [6.45, 7) is 0.215. The van der Waals surface area contributed by atoms with Crippen LogP contribution in [-0.2, 0) is 6.42 Å². The Morgan fingerprint density at radius 2 is 1.87 bits per heavy atom. The smallest absolute Gasteiger partial charge is 0.267 e. The van der Waals surface area contributed by atoms with Crippen molar-refractivity contribution in [2.45, 2.75) is 6.42 Å². The van der Waals surface area contributed by atoms with Gasteiger partial charge in [-0.3, -0.25) is 14.3 Å². The Morgan fingerprint density at radius 3 is 2.63 bits per heavy atom. The van der Waals surface area contributed by atoms with Gasteiger partial charge >= 0.3 is 0 Å². The predicted octanol–water partition coefficient (Wildman–Crippen LogP) is 3.53. The second-order valence-corrected chi connectivity index (χ2v) is 8.34. The van der Waals surface area contributed by atoms with Crippen LogP contribution in [-0.4, -0.2) is 36.0 Å². The molecule has 0 radical (unpaired) electrons. The third kappa shape index (κ3) is 5.11. The largest absolute Gasteiger partial charge is 0.382 e. The Hall–Kier alpha value is -4.95. The highest BCUT2D eigenvalue weighted by atomic mass is 35.5. The second-order valence-electron chi connectivity index (χ2n) is 7.93. The molecule has 0 aliphatic carbocycles. The number of hydrogen-bond donors (Lipinski definition) is 2. The number of nitrogen functional groups attached to an aromatic ring is 1. The molecular formula is C26H17ClF2N8O. The molecule has 5 aromatic rings. The van der Waals surface area contributed by atoms with E-state index in [1.54, 1.807) is 18.2 Å². The highest BCUT2D eigenvalue weighted by Gasteiger charge is 2.17. The van der Waals surface area contributed by atoms with Gasteiger partial charge in [-0.05, 0) is 30.2 Å². The van der Waals surface area contributed by atoms with Crippen molar-refractivity contribution >= 4 is 34.1 Å². The summed E-state index contributed by atoms with van der Waals surface area (Å²) in [6, 6.07) is 7.68. The average molecular weight is 531 g/mol. The van der Waals surface area contributed by atoms with Gasteiger partial charge in [-0.25, -0.2) is 28.7 Å². The summed E-state index contributed by atoms with van der Waals surface area (Å²) in [5, 5.41) is 3.44. The van der Waals surface area contributed by atoms with Crippen molar-refractivity contribution < 1.29 is 8.78 Å². The van der Waals surface area contributed by atoms with Crippen LogP contribution in [0.3, 0.4) is 0 Å². The highest BCUT2D eigenvalue weighted by molar-refractivity contribution is 6.35. The molecule has 0 saturated carbocycles. The average Bonchev–Trinajstić information content (AvgIpc) is 2.88. The molecule has 0 aliphatic heterocycles. The quantitative estimate of drug-likeness (QED) is 0.331. The molecule has 0 fully saturated rings. The molecule has 5 rings (SSSR count). The van der Waals surface area contributed by atoms with Crippen LogP contribution in [0.1, 0.15) is 17.1 Å². The molecular weight excluding hydrogens is 514 g/mol. The molecule has 0 bridgehead atoms. The van der Waals surface area contributed by atoms with Gasteiger partial charge in [0, 0.05) is 31.4 Å². The lowest BCUT2D eigenvalue weighted by atomic mass is 10.2. The highest BCUT2D eigenvalue weighted by Crippen LogP contribution is 2.22. The zero-order valence-corrected chi connectivity index (χ0v) is 20.2. The first-order valence-electron chi connectivity index (χ1n) is 11.2. The van der Waals surface area contributed by atoms with Crippen LogP contribution in [0.5, 0.6) is 0 Å². The second kappa shape index (κ2) is 10.6. The zero-order valence-electron chi connectivity index (χ0n) is 19.5. The van der Waals surface area contributed by atoms with Gasteiger partial charge in [-0.2, -0.15) is 0 Å². The van der Waals surface area contributed by atoms with Gasteiger partial charge in [0.05, 0.1) is 27.8 Å². The lowest BCUT2D eigenvalue weighted by molar-refractivity contribution is 0.580. The van der Waals surface area contributed by atoms with E-state index in [1.807, 2.05) is 0 Å². The van der Waals surface area contributed by atoms with Gasteiger partial charge in [0.15, 0.2) is 0 Å². The van der Waals surface area contributed by atoms with Crippen molar-refractivity contribution in [1.29, 1.82) is 0 Å². The first-order valence-corrected chi connectivity index (χ1v) is 11.6. The van der Waals surface area contributed by atoms with Gasteiger partial charge in [-0.1, -0.05) is 23.6 Å². The molecule has 3 heterocycles. The molecule has 0 spiro atoms. The van der Waals surface area contributed by atoms with Crippen LogP contribution in [0.25, 0.3) is 16.6 Å². The molecule has 3 N–H and O–H groups in total. The minimum Gasteiger partial charge on any atom is -0.382 e. The van der Waals surface area contributed by atoms with Crippen LogP contribution >= 0.6 is 11.6 Å². The predicted molar refractivity (Wildman–Crippen MR) is 139 cm³/mol. The van der Waals surface area contributed by atoms with E-state index in [-0.39, 0.29) is 40.7 Å². The summed E-state index contributed by atoms with van der Waals surface area (Å²) in [5.74, 6) is 4.85. The lowest BCUT2D eigenvalue weighted by Crippen LogP contribution is -2.26. The maximum atomic E-state index is 14.1. The fourth-order valence-electron chi connectivity index (χ4n) is 3.78. The molecule has 0 aliphatic rings.